The molecule has 0 amide bonds. The fraction of sp³-hybridized carbons (Fsp3) is 0.474. The van der Waals surface area contributed by atoms with Crippen LogP contribution in [0.1, 0.15) is 40.2 Å². The molecular weight excluding hydrogens is 359 g/mol. The Kier molecular flexibility index (Phi) is 6.18. The van der Waals surface area contributed by atoms with Crippen LogP contribution in [0.15, 0.2) is 30.5 Å². The molecule has 1 heterocycles. The van der Waals surface area contributed by atoms with E-state index in [0.29, 0.717) is 24.0 Å². The third-order valence-corrected chi connectivity index (χ3v) is 3.16. The first-order chi connectivity index (χ1) is 12.4. The smallest absolute Gasteiger partial charge is 0.423 e. The van der Waals surface area contributed by atoms with Crippen molar-refractivity contribution in [3.63, 3.8) is 0 Å². The Balaban J connectivity index is 2.20. The van der Waals surface area contributed by atoms with Crippen molar-refractivity contribution in [1.29, 1.82) is 0 Å². The highest BCUT2D eigenvalue weighted by Crippen LogP contribution is 2.36. The maximum atomic E-state index is 13.2. The second-order valence-corrected chi connectivity index (χ2v) is 7.48. The van der Waals surface area contributed by atoms with E-state index in [1.165, 1.54) is 0 Å². The standard InChI is InChI=1S/C19H24F3N3O2/c1-12(2)11-26-14-8-6-13(7-9-14)24-17-23-10-15(19(20,21)22)16(25-17)27-18(3,4)5/h6-10,12H,11H2,1-5H3,(H,23,24,25). The van der Waals surface area contributed by atoms with Gasteiger partial charge in [0.15, 0.2) is 0 Å². The SMILES string of the molecule is CC(C)COc1ccc(Nc2ncc(C(F)(F)F)c(OC(C)(C)C)n2)cc1. The van der Waals surface area contributed by atoms with Crippen molar-refractivity contribution in [2.45, 2.75) is 46.4 Å². The van der Waals surface area contributed by atoms with E-state index in [9.17, 15) is 13.2 Å². The zero-order valence-corrected chi connectivity index (χ0v) is 16.0. The molecule has 0 saturated heterocycles. The number of halogens is 3. The number of nitrogens with zero attached hydrogens (tertiary/aromatic N) is 2. The third kappa shape index (κ3) is 6.62. The second-order valence-electron chi connectivity index (χ2n) is 7.48. The highest BCUT2D eigenvalue weighted by Gasteiger charge is 2.37. The van der Waals surface area contributed by atoms with Crippen LogP contribution in [0.2, 0.25) is 0 Å². The van der Waals surface area contributed by atoms with Gasteiger partial charge in [0.1, 0.15) is 16.9 Å². The summed E-state index contributed by atoms with van der Waals surface area (Å²) in [5.41, 5.74) is -1.23. The molecule has 5 nitrogen and oxygen atoms in total. The van der Waals surface area contributed by atoms with Gasteiger partial charge in [0, 0.05) is 11.9 Å². The maximum absolute atomic E-state index is 13.2. The summed E-state index contributed by atoms with van der Waals surface area (Å²) < 4.78 is 50.5. The van der Waals surface area contributed by atoms with E-state index in [4.69, 9.17) is 9.47 Å². The van der Waals surface area contributed by atoms with Gasteiger partial charge in [-0.3, -0.25) is 0 Å². The Morgan fingerprint density at radius 1 is 1.07 bits per heavy atom. The summed E-state index contributed by atoms with van der Waals surface area (Å²) in [6.45, 7) is 9.65. The van der Waals surface area contributed by atoms with Crippen LogP contribution < -0.4 is 14.8 Å². The molecule has 0 aliphatic heterocycles. The summed E-state index contributed by atoms with van der Waals surface area (Å²) in [6.07, 6.45) is -3.88. The molecule has 2 rings (SSSR count). The number of rotatable bonds is 6. The summed E-state index contributed by atoms with van der Waals surface area (Å²) in [5, 5.41) is 2.88. The minimum absolute atomic E-state index is 0.0121. The number of alkyl halides is 3. The lowest BCUT2D eigenvalue weighted by atomic mass is 10.2. The van der Waals surface area contributed by atoms with Crippen molar-refractivity contribution in [3.05, 3.63) is 36.0 Å². The quantitative estimate of drug-likeness (QED) is 0.719. The number of hydrogen-bond acceptors (Lipinski definition) is 5. The summed E-state index contributed by atoms with van der Waals surface area (Å²) in [5.74, 6) is 0.617. The average molecular weight is 383 g/mol. The molecule has 1 N–H and O–H groups in total. The van der Waals surface area contributed by atoms with Crippen molar-refractivity contribution in [1.82, 2.24) is 9.97 Å². The first-order valence-corrected chi connectivity index (χ1v) is 8.57. The molecule has 0 fully saturated rings. The Morgan fingerprint density at radius 3 is 2.22 bits per heavy atom. The van der Waals surface area contributed by atoms with Crippen LogP contribution in [-0.4, -0.2) is 22.2 Å². The fourth-order valence-electron chi connectivity index (χ4n) is 2.02. The summed E-state index contributed by atoms with van der Waals surface area (Å²) in [4.78, 5) is 7.67. The summed E-state index contributed by atoms with van der Waals surface area (Å²) in [6, 6.07) is 7.00. The minimum atomic E-state index is -4.60. The molecule has 0 spiro atoms. The predicted octanol–water partition coefficient (Wildman–Crippen LogP) is 5.45. The Labute approximate surface area is 156 Å². The molecule has 0 atom stereocenters. The van der Waals surface area contributed by atoms with Gasteiger partial charge in [-0.15, -0.1) is 0 Å². The lowest BCUT2D eigenvalue weighted by molar-refractivity contribution is -0.140. The van der Waals surface area contributed by atoms with Crippen molar-refractivity contribution in [2.24, 2.45) is 5.92 Å². The molecule has 0 saturated carbocycles. The van der Waals surface area contributed by atoms with Gasteiger partial charge >= 0.3 is 6.18 Å². The van der Waals surface area contributed by atoms with Crippen molar-refractivity contribution < 1.29 is 22.6 Å². The van der Waals surface area contributed by atoms with Crippen molar-refractivity contribution >= 4 is 11.6 Å². The third-order valence-electron chi connectivity index (χ3n) is 3.16. The van der Waals surface area contributed by atoms with E-state index in [0.717, 1.165) is 6.20 Å². The first-order valence-electron chi connectivity index (χ1n) is 8.57. The van der Waals surface area contributed by atoms with Crippen LogP contribution in [-0.2, 0) is 6.18 Å². The number of benzene rings is 1. The Bertz CT molecular complexity index is 754. The largest absolute Gasteiger partial charge is 0.493 e. The number of nitrogens with one attached hydrogen (secondary N) is 1. The molecule has 8 heteroatoms. The molecule has 148 valence electrons. The van der Waals surface area contributed by atoms with Gasteiger partial charge in [-0.2, -0.15) is 18.2 Å². The molecule has 0 bridgehead atoms. The lowest BCUT2D eigenvalue weighted by Crippen LogP contribution is -2.26. The van der Waals surface area contributed by atoms with Gasteiger partial charge in [-0.05, 0) is 51.0 Å². The van der Waals surface area contributed by atoms with Gasteiger partial charge in [0.25, 0.3) is 0 Å². The van der Waals surface area contributed by atoms with Gasteiger partial charge < -0.3 is 14.8 Å². The number of ether oxygens (including phenoxy) is 2. The van der Waals surface area contributed by atoms with E-state index < -0.39 is 23.2 Å². The zero-order chi connectivity index (χ0) is 20.2. The number of anilines is 2. The maximum Gasteiger partial charge on any atom is 0.423 e. The Morgan fingerprint density at radius 2 is 1.70 bits per heavy atom. The van der Waals surface area contributed by atoms with Gasteiger partial charge in [-0.1, -0.05) is 13.8 Å². The molecule has 0 aliphatic rings. The molecule has 27 heavy (non-hydrogen) atoms. The van der Waals surface area contributed by atoms with E-state index >= 15 is 0 Å². The number of aromatic nitrogens is 2. The van der Waals surface area contributed by atoms with Gasteiger partial charge in [0.05, 0.1) is 6.61 Å². The van der Waals surface area contributed by atoms with Crippen LogP contribution >= 0.6 is 0 Å². The molecule has 0 radical (unpaired) electrons. The van der Waals surface area contributed by atoms with Crippen LogP contribution in [0.25, 0.3) is 0 Å². The van der Waals surface area contributed by atoms with E-state index in [1.807, 2.05) is 0 Å². The average Bonchev–Trinajstić information content (AvgIpc) is 2.51. The van der Waals surface area contributed by atoms with E-state index in [1.54, 1.807) is 45.0 Å². The minimum Gasteiger partial charge on any atom is -0.493 e. The van der Waals surface area contributed by atoms with Crippen molar-refractivity contribution in [2.75, 3.05) is 11.9 Å². The van der Waals surface area contributed by atoms with Gasteiger partial charge in [0.2, 0.25) is 11.8 Å². The summed E-state index contributed by atoms with van der Waals surface area (Å²) >= 11 is 0. The second kappa shape index (κ2) is 8.02. The molecule has 2 aromatic rings. The number of hydrogen-bond donors (Lipinski definition) is 1. The van der Waals surface area contributed by atoms with Crippen LogP contribution in [0.5, 0.6) is 11.6 Å². The highest BCUT2D eigenvalue weighted by molar-refractivity contribution is 5.55. The zero-order valence-electron chi connectivity index (χ0n) is 16.0. The Hall–Kier alpha value is -2.51. The molecular formula is C19H24F3N3O2. The highest BCUT2D eigenvalue weighted by atomic mass is 19.4. The molecule has 0 unspecified atom stereocenters. The molecule has 1 aromatic carbocycles. The van der Waals surface area contributed by atoms with Crippen molar-refractivity contribution in [3.8, 4) is 11.6 Å². The van der Waals surface area contributed by atoms with E-state index in [2.05, 4.69) is 29.1 Å². The molecule has 1 aromatic heterocycles. The molecule has 0 aliphatic carbocycles. The lowest BCUT2D eigenvalue weighted by Gasteiger charge is -2.23. The van der Waals surface area contributed by atoms with E-state index in [-0.39, 0.29) is 5.95 Å². The fourth-order valence-corrected chi connectivity index (χ4v) is 2.02. The van der Waals surface area contributed by atoms with Gasteiger partial charge in [-0.25, -0.2) is 4.98 Å². The normalized spacial score (nSPS) is 12.2. The monoisotopic (exact) mass is 383 g/mol. The van der Waals surface area contributed by atoms with Crippen LogP contribution in [0.3, 0.4) is 0 Å². The predicted molar refractivity (Wildman–Crippen MR) is 97.5 cm³/mol. The summed E-state index contributed by atoms with van der Waals surface area (Å²) in [7, 11) is 0. The first kappa shape index (κ1) is 20.8. The van der Waals surface area contributed by atoms with Crippen LogP contribution in [0, 0.1) is 5.92 Å². The topological polar surface area (TPSA) is 56.3 Å². The van der Waals surface area contributed by atoms with Crippen LogP contribution in [0.4, 0.5) is 24.8 Å².